The van der Waals surface area contributed by atoms with Crippen LogP contribution in [0, 0.1) is 35.0 Å². The zero-order valence-electron chi connectivity index (χ0n) is 28.9. The first kappa shape index (κ1) is 35.3. The second-order valence-corrected chi connectivity index (χ2v) is 15.7. The van der Waals surface area contributed by atoms with Crippen molar-refractivity contribution in [3.05, 3.63) is 35.9 Å². The lowest BCUT2D eigenvalue weighted by atomic mass is 9.43. The summed E-state index contributed by atoms with van der Waals surface area (Å²) in [5.74, 6) is 0.589. The number of ether oxygens (including phenoxy) is 1. The van der Waals surface area contributed by atoms with Crippen LogP contribution in [0.15, 0.2) is 30.3 Å². The van der Waals surface area contributed by atoms with Crippen LogP contribution in [-0.2, 0) is 30.2 Å². The second-order valence-electron chi connectivity index (χ2n) is 15.7. The first-order chi connectivity index (χ1) is 21.1. The average molecular weight is 626 g/mol. The Kier molecular flexibility index (Phi) is 11.3. The summed E-state index contributed by atoms with van der Waals surface area (Å²) < 4.78 is 18.7. The van der Waals surface area contributed by atoms with Crippen LogP contribution in [0.2, 0.25) is 0 Å². The van der Waals surface area contributed by atoms with Crippen molar-refractivity contribution in [2.75, 3.05) is 0 Å². The Balaban J connectivity index is 1.43. The van der Waals surface area contributed by atoms with Crippen molar-refractivity contribution in [3.8, 4) is 0 Å². The highest BCUT2D eigenvalue weighted by Crippen LogP contribution is 2.65. The molecule has 7 atom stereocenters. The largest absolute Gasteiger partial charge is 0.481 e. The Bertz CT molecular complexity index is 1180. The van der Waals surface area contributed by atoms with Crippen molar-refractivity contribution in [2.45, 2.75) is 131 Å². The first-order valence-electron chi connectivity index (χ1n) is 17.0. The maximum absolute atomic E-state index is 13.9. The number of alkyl carbamates (subject to hydrolysis) is 1. The summed E-state index contributed by atoms with van der Waals surface area (Å²) in [4.78, 5) is 40.2. The van der Waals surface area contributed by atoms with Crippen LogP contribution in [0.5, 0.6) is 0 Å². The molecule has 3 saturated carbocycles. The fourth-order valence-electron chi connectivity index (χ4n) is 7.69. The highest BCUT2D eigenvalue weighted by molar-refractivity contribution is 6.48. The van der Waals surface area contributed by atoms with Crippen LogP contribution in [-0.4, -0.2) is 54.8 Å². The molecule has 0 aromatic heterocycles. The fourth-order valence-corrected chi connectivity index (χ4v) is 7.69. The molecule has 0 radical (unpaired) electrons. The third-order valence-corrected chi connectivity index (χ3v) is 10.2. The van der Waals surface area contributed by atoms with Gasteiger partial charge in [0.15, 0.2) is 0 Å². The van der Waals surface area contributed by atoms with Crippen molar-refractivity contribution >= 4 is 25.0 Å². The SMILES string of the molecule is CC(C)C[C@H](NC(=O)[C@H](CC(C)C)NC(=O)[C@H](CC(C)C)NC(=O)OCc1ccccc1)B1O[C@@H]2C[C@@H]3C[C@@H](C3(C)C)[C@]2(C)O1. The summed E-state index contributed by atoms with van der Waals surface area (Å²) in [7, 11) is -0.549. The van der Waals surface area contributed by atoms with Gasteiger partial charge in [-0.3, -0.25) is 9.59 Å². The summed E-state index contributed by atoms with van der Waals surface area (Å²) in [6.07, 6.45) is 3.01. The maximum atomic E-state index is 13.9. The Morgan fingerprint density at radius 2 is 1.42 bits per heavy atom. The Labute approximate surface area is 270 Å². The number of carbonyl (C=O) groups is 3. The van der Waals surface area contributed by atoms with Gasteiger partial charge in [-0.15, -0.1) is 0 Å². The molecule has 4 fully saturated rings. The zero-order valence-corrected chi connectivity index (χ0v) is 28.9. The van der Waals surface area contributed by atoms with E-state index < -0.39 is 31.2 Å². The molecule has 3 N–H and O–H groups in total. The molecule has 250 valence electrons. The molecule has 3 amide bonds. The van der Waals surface area contributed by atoms with E-state index in [0.29, 0.717) is 37.0 Å². The van der Waals surface area contributed by atoms with Gasteiger partial charge >= 0.3 is 13.2 Å². The molecule has 10 heteroatoms. The van der Waals surface area contributed by atoms with E-state index in [-0.39, 0.29) is 47.4 Å². The second kappa shape index (κ2) is 14.5. The van der Waals surface area contributed by atoms with Crippen LogP contribution in [0.1, 0.15) is 100.0 Å². The summed E-state index contributed by atoms with van der Waals surface area (Å²) in [6, 6.07) is 7.75. The Hall–Kier alpha value is -2.59. The molecule has 5 rings (SSSR count). The van der Waals surface area contributed by atoms with Gasteiger partial charge in [0.1, 0.15) is 18.7 Å². The van der Waals surface area contributed by atoms with Gasteiger partial charge in [0.05, 0.1) is 17.6 Å². The van der Waals surface area contributed by atoms with Crippen molar-refractivity contribution < 1.29 is 28.4 Å². The smallest absolute Gasteiger partial charge is 0.445 e. The monoisotopic (exact) mass is 625 g/mol. The van der Waals surface area contributed by atoms with E-state index in [4.69, 9.17) is 14.0 Å². The van der Waals surface area contributed by atoms with Crippen LogP contribution in [0.3, 0.4) is 0 Å². The van der Waals surface area contributed by atoms with E-state index in [2.05, 4.69) is 50.6 Å². The Morgan fingerprint density at radius 3 is 2.00 bits per heavy atom. The van der Waals surface area contributed by atoms with Gasteiger partial charge in [0.25, 0.3) is 0 Å². The predicted octanol–water partition coefficient (Wildman–Crippen LogP) is 5.66. The number of benzene rings is 1. The molecular formula is C35H56BN3O6. The zero-order chi connectivity index (χ0) is 33.1. The minimum absolute atomic E-state index is 0.0153. The van der Waals surface area contributed by atoms with E-state index in [1.165, 1.54) is 0 Å². The lowest BCUT2D eigenvalue weighted by molar-refractivity contribution is -0.199. The summed E-state index contributed by atoms with van der Waals surface area (Å²) in [6.45, 7) is 19.2. The minimum atomic E-state index is -0.846. The van der Waals surface area contributed by atoms with Crippen molar-refractivity contribution in [1.29, 1.82) is 0 Å². The third kappa shape index (κ3) is 8.42. The molecule has 1 aliphatic heterocycles. The van der Waals surface area contributed by atoms with E-state index in [1.54, 1.807) is 0 Å². The average Bonchev–Trinajstić information content (AvgIpc) is 3.32. The molecule has 45 heavy (non-hydrogen) atoms. The van der Waals surface area contributed by atoms with Crippen molar-refractivity contribution in [3.63, 3.8) is 0 Å². The number of nitrogens with one attached hydrogen (secondary N) is 3. The third-order valence-electron chi connectivity index (χ3n) is 10.2. The molecule has 0 unspecified atom stereocenters. The highest BCUT2D eigenvalue weighted by atomic mass is 16.7. The van der Waals surface area contributed by atoms with Gasteiger partial charge in [0, 0.05) is 0 Å². The number of amides is 3. The Morgan fingerprint density at radius 1 is 0.844 bits per heavy atom. The standard InChI is InChI=1S/C35H56BN3O6/c1-21(2)15-26(37-31(40)27(16-22(3)4)38-33(42)43-20-24-13-11-10-12-14-24)32(41)39-30(17-23(5)6)36-44-29-19-25-18-28(34(25,7)8)35(29,9)45-36/h10-14,21-23,25-30H,15-20H2,1-9H3,(H,37,40)(H,38,42)(H,39,41)/t25-,26-,27-,28-,29+,30-,35-/m0/s1. The van der Waals surface area contributed by atoms with Crippen LogP contribution < -0.4 is 16.0 Å². The predicted molar refractivity (Wildman–Crippen MR) is 176 cm³/mol. The summed E-state index contributed by atoms with van der Waals surface area (Å²) in [5, 5.41) is 8.91. The molecule has 1 aromatic carbocycles. The van der Waals surface area contributed by atoms with Gasteiger partial charge in [-0.1, -0.05) is 85.7 Å². The molecule has 1 aromatic rings. The number of hydrogen-bond donors (Lipinski definition) is 3. The molecule has 1 saturated heterocycles. The lowest BCUT2D eigenvalue weighted by Crippen LogP contribution is -2.65. The van der Waals surface area contributed by atoms with Crippen LogP contribution in [0.25, 0.3) is 0 Å². The molecular weight excluding hydrogens is 569 g/mol. The van der Waals surface area contributed by atoms with Gasteiger partial charge in [-0.05, 0) is 79.6 Å². The topological polar surface area (TPSA) is 115 Å². The molecule has 1 heterocycles. The molecule has 9 nitrogen and oxygen atoms in total. The maximum Gasteiger partial charge on any atom is 0.481 e. The quantitative estimate of drug-likeness (QED) is 0.230. The number of rotatable bonds is 14. The van der Waals surface area contributed by atoms with E-state index in [1.807, 2.05) is 58.0 Å². The van der Waals surface area contributed by atoms with E-state index in [0.717, 1.165) is 18.4 Å². The summed E-state index contributed by atoms with van der Waals surface area (Å²) >= 11 is 0. The fraction of sp³-hybridized carbons (Fsp3) is 0.743. The molecule has 3 aliphatic carbocycles. The van der Waals surface area contributed by atoms with Gasteiger partial charge in [0.2, 0.25) is 11.8 Å². The van der Waals surface area contributed by atoms with E-state index in [9.17, 15) is 14.4 Å². The van der Waals surface area contributed by atoms with Crippen LogP contribution in [0.4, 0.5) is 4.79 Å². The molecule has 0 spiro atoms. The normalized spacial score (nSPS) is 26.9. The van der Waals surface area contributed by atoms with Gasteiger partial charge in [-0.25, -0.2) is 4.79 Å². The van der Waals surface area contributed by atoms with E-state index >= 15 is 0 Å². The van der Waals surface area contributed by atoms with Crippen molar-refractivity contribution in [1.82, 2.24) is 16.0 Å². The van der Waals surface area contributed by atoms with Crippen LogP contribution >= 0.6 is 0 Å². The first-order valence-corrected chi connectivity index (χ1v) is 17.0. The highest BCUT2D eigenvalue weighted by Gasteiger charge is 2.68. The minimum Gasteiger partial charge on any atom is -0.445 e. The summed E-state index contributed by atoms with van der Waals surface area (Å²) in [5.41, 5.74) is 0.701. The number of hydrogen-bond acceptors (Lipinski definition) is 6. The number of carbonyl (C=O) groups excluding carboxylic acids is 3. The lowest BCUT2D eigenvalue weighted by Gasteiger charge is -2.64. The molecule has 4 aliphatic rings. The van der Waals surface area contributed by atoms with Gasteiger partial charge < -0.3 is 30.0 Å². The van der Waals surface area contributed by atoms with Crippen molar-refractivity contribution in [2.24, 2.45) is 35.0 Å². The molecule has 2 bridgehead atoms. The van der Waals surface area contributed by atoms with Gasteiger partial charge in [-0.2, -0.15) is 0 Å².